The molecule has 0 aliphatic rings. The third kappa shape index (κ3) is 3.47. The van der Waals surface area contributed by atoms with Gasteiger partial charge in [0.25, 0.3) is 5.91 Å². The number of amides is 1. The molecule has 0 unspecified atom stereocenters. The maximum Gasteiger partial charge on any atom is 0.257 e. The summed E-state index contributed by atoms with van der Waals surface area (Å²) in [5, 5.41) is 3.20. The van der Waals surface area contributed by atoms with E-state index in [1.807, 2.05) is 13.0 Å². The molecule has 0 radical (unpaired) electrons. The summed E-state index contributed by atoms with van der Waals surface area (Å²) in [4.78, 5) is 12.3. The molecule has 1 amide bonds. The number of hydrogen-bond acceptors (Lipinski definition) is 3. The van der Waals surface area contributed by atoms with Crippen molar-refractivity contribution in [3.8, 4) is 11.5 Å². The number of benzene rings is 2. The second kappa shape index (κ2) is 6.50. The zero-order valence-electron chi connectivity index (χ0n) is 12.1. The fraction of sp³-hybridized carbons (Fsp3) is 0.188. The van der Waals surface area contributed by atoms with Crippen molar-refractivity contribution in [1.82, 2.24) is 0 Å². The molecule has 0 fully saturated rings. The highest BCUT2D eigenvalue weighted by atomic mass is 35.5. The van der Waals surface area contributed by atoms with Gasteiger partial charge in [0.05, 0.1) is 30.5 Å². The molecular weight excluding hydrogens is 290 g/mol. The SMILES string of the molecule is COc1ccc(NC(=O)c2ccc(C)cc2Cl)c(OC)c1. The Kier molecular flexibility index (Phi) is 4.70. The lowest BCUT2D eigenvalue weighted by molar-refractivity contribution is 0.102. The fourth-order valence-electron chi connectivity index (χ4n) is 1.90. The second-order valence-electron chi connectivity index (χ2n) is 4.50. The Morgan fingerprint density at radius 2 is 1.86 bits per heavy atom. The third-order valence-corrected chi connectivity index (χ3v) is 3.34. The normalized spacial score (nSPS) is 10.1. The van der Waals surface area contributed by atoms with Gasteiger partial charge in [0.2, 0.25) is 0 Å². The quantitative estimate of drug-likeness (QED) is 0.931. The predicted octanol–water partition coefficient (Wildman–Crippen LogP) is 3.92. The maximum atomic E-state index is 12.3. The molecule has 2 rings (SSSR count). The van der Waals surface area contributed by atoms with Gasteiger partial charge in [0, 0.05) is 6.07 Å². The molecule has 0 saturated carbocycles. The number of anilines is 1. The predicted molar refractivity (Wildman–Crippen MR) is 83.7 cm³/mol. The average Bonchev–Trinajstić information content (AvgIpc) is 2.47. The van der Waals surface area contributed by atoms with Gasteiger partial charge in [-0.2, -0.15) is 0 Å². The van der Waals surface area contributed by atoms with Crippen LogP contribution in [-0.2, 0) is 0 Å². The first-order valence-corrected chi connectivity index (χ1v) is 6.72. The minimum atomic E-state index is -0.288. The fourth-order valence-corrected chi connectivity index (χ4v) is 2.22. The van der Waals surface area contributed by atoms with E-state index in [1.165, 1.54) is 7.11 Å². The van der Waals surface area contributed by atoms with Crippen LogP contribution in [0.15, 0.2) is 36.4 Å². The summed E-state index contributed by atoms with van der Waals surface area (Å²) in [7, 11) is 3.10. The largest absolute Gasteiger partial charge is 0.497 e. The molecule has 110 valence electrons. The van der Waals surface area contributed by atoms with Gasteiger partial charge in [0.15, 0.2) is 0 Å². The van der Waals surface area contributed by atoms with Gasteiger partial charge in [-0.15, -0.1) is 0 Å². The van der Waals surface area contributed by atoms with Crippen LogP contribution < -0.4 is 14.8 Å². The molecule has 5 heteroatoms. The summed E-state index contributed by atoms with van der Waals surface area (Å²) in [5.74, 6) is 0.882. The van der Waals surface area contributed by atoms with Gasteiger partial charge >= 0.3 is 0 Å². The summed E-state index contributed by atoms with van der Waals surface area (Å²) in [6, 6.07) is 10.5. The first-order valence-electron chi connectivity index (χ1n) is 6.34. The second-order valence-corrected chi connectivity index (χ2v) is 4.91. The van der Waals surface area contributed by atoms with Crippen molar-refractivity contribution in [1.29, 1.82) is 0 Å². The first-order chi connectivity index (χ1) is 10.0. The number of halogens is 1. The maximum absolute atomic E-state index is 12.3. The molecule has 0 atom stereocenters. The van der Waals surface area contributed by atoms with Gasteiger partial charge in [-0.3, -0.25) is 4.79 Å². The van der Waals surface area contributed by atoms with Crippen molar-refractivity contribution in [2.75, 3.05) is 19.5 Å². The zero-order valence-corrected chi connectivity index (χ0v) is 12.8. The number of carbonyl (C=O) groups is 1. The van der Waals surface area contributed by atoms with Crippen molar-refractivity contribution in [3.05, 3.63) is 52.5 Å². The Morgan fingerprint density at radius 3 is 2.48 bits per heavy atom. The van der Waals surface area contributed by atoms with Crippen molar-refractivity contribution < 1.29 is 14.3 Å². The Hall–Kier alpha value is -2.20. The van der Waals surface area contributed by atoms with Gasteiger partial charge in [-0.1, -0.05) is 17.7 Å². The molecule has 0 saturated heterocycles. The van der Waals surface area contributed by atoms with E-state index >= 15 is 0 Å². The first kappa shape index (κ1) is 15.2. The monoisotopic (exact) mass is 305 g/mol. The Balaban J connectivity index is 2.27. The Labute approximate surface area is 128 Å². The van der Waals surface area contributed by atoms with E-state index in [-0.39, 0.29) is 5.91 Å². The third-order valence-electron chi connectivity index (χ3n) is 3.03. The van der Waals surface area contributed by atoms with Crippen LogP contribution in [0.25, 0.3) is 0 Å². The van der Waals surface area contributed by atoms with E-state index in [2.05, 4.69) is 5.32 Å². The highest BCUT2D eigenvalue weighted by Crippen LogP contribution is 2.30. The van der Waals surface area contributed by atoms with Gasteiger partial charge in [-0.05, 0) is 36.8 Å². The molecule has 0 bridgehead atoms. The van der Waals surface area contributed by atoms with Gasteiger partial charge in [-0.25, -0.2) is 0 Å². The van der Waals surface area contributed by atoms with Crippen LogP contribution >= 0.6 is 11.6 Å². The van der Waals surface area contributed by atoms with Crippen LogP contribution in [0.5, 0.6) is 11.5 Å². The Bertz CT molecular complexity index is 671. The van der Waals surface area contributed by atoms with Crippen LogP contribution in [-0.4, -0.2) is 20.1 Å². The zero-order chi connectivity index (χ0) is 15.4. The van der Waals surface area contributed by atoms with Crippen LogP contribution in [0.2, 0.25) is 5.02 Å². The average molecular weight is 306 g/mol. The van der Waals surface area contributed by atoms with Gasteiger partial charge in [0.1, 0.15) is 11.5 Å². The molecule has 2 aromatic rings. The number of methoxy groups -OCH3 is 2. The molecule has 4 nitrogen and oxygen atoms in total. The van der Waals surface area contributed by atoms with Crippen molar-refractivity contribution in [3.63, 3.8) is 0 Å². The number of ether oxygens (including phenoxy) is 2. The van der Waals surface area contributed by atoms with Crippen molar-refractivity contribution >= 4 is 23.2 Å². The van der Waals surface area contributed by atoms with Crippen LogP contribution in [0.3, 0.4) is 0 Å². The standard InChI is InChI=1S/C16H16ClNO3/c1-10-4-6-12(13(17)8-10)16(19)18-14-7-5-11(20-2)9-15(14)21-3/h4-9H,1-3H3,(H,18,19). The molecule has 0 aliphatic carbocycles. The number of nitrogens with one attached hydrogen (secondary N) is 1. The molecule has 2 aromatic carbocycles. The lowest BCUT2D eigenvalue weighted by Gasteiger charge is -2.12. The lowest BCUT2D eigenvalue weighted by Crippen LogP contribution is -2.13. The smallest absolute Gasteiger partial charge is 0.257 e. The minimum absolute atomic E-state index is 0.288. The van der Waals surface area contributed by atoms with Crippen LogP contribution in [0.4, 0.5) is 5.69 Å². The van der Waals surface area contributed by atoms with E-state index in [4.69, 9.17) is 21.1 Å². The summed E-state index contributed by atoms with van der Waals surface area (Å²) in [5.41, 5.74) is 1.97. The number of rotatable bonds is 4. The van der Waals surface area contributed by atoms with Crippen molar-refractivity contribution in [2.24, 2.45) is 0 Å². The van der Waals surface area contributed by atoms with Crippen LogP contribution in [0.1, 0.15) is 15.9 Å². The number of aryl methyl sites for hydroxylation is 1. The molecule has 21 heavy (non-hydrogen) atoms. The summed E-state index contributed by atoms with van der Waals surface area (Å²) in [6.45, 7) is 1.92. The van der Waals surface area contributed by atoms with E-state index in [0.717, 1.165) is 5.56 Å². The van der Waals surface area contributed by atoms with E-state index in [9.17, 15) is 4.79 Å². The summed E-state index contributed by atoms with van der Waals surface area (Å²) < 4.78 is 10.4. The Morgan fingerprint density at radius 1 is 1.10 bits per heavy atom. The molecule has 0 aliphatic heterocycles. The van der Waals surface area contributed by atoms with Crippen molar-refractivity contribution in [2.45, 2.75) is 6.92 Å². The highest BCUT2D eigenvalue weighted by Gasteiger charge is 2.13. The summed E-state index contributed by atoms with van der Waals surface area (Å²) >= 11 is 6.10. The van der Waals surface area contributed by atoms with E-state index in [1.54, 1.807) is 37.4 Å². The summed E-state index contributed by atoms with van der Waals surface area (Å²) in [6.07, 6.45) is 0. The van der Waals surface area contributed by atoms with Crippen LogP contribution in [0, 0.1) is 6.92 Å². The number of carbonyl (C=O) groups excluding carboxylic acids is 1. The molecule has 0 spiro atoms. The minimum Gasteiger partial charge on any atom is -0.497 e. The highest BCUT2D eigenvalue weighted by molar-refractivity contribution is 6.34. The van der Waals surface area contributed by atoms with E-state index in [0.29, 0.717) is 27.8 Å². The topological polar surface area (TPSA) is 47.6 Å². The van der Waals surface area contributed by atoms with Gasteiger partial charge < -0.3 is 14.8 Å². The lowest BCUT2D eigenvalue weighted by atomic mass is 10.1. The molecule has 0 aromatic heterocycles. The molecular formula is C16H16ClNO3. The number of hydrogen-bond donors (Lipinski definition) is 1. The van der Waals surface area contributed by atoms with E-state index < -0.39 is 0 Å². The molecule has 0 heterocycles. The molecule has 1 N–H and O–H groups in total.